The van der Waals surface area contributed by atoms with Crippen LogP contribution in [0.1, 0.15) is 99.5 Å². The third-order valence-corrected chi connectivity index (χ3v) is 10.0. The van der Waals surface area contributed by atoms with Crippen LogP contribution in [0.25, 0.3) is 5.57 Å². The molecule has 0 aromatic heterocycles. The van der Waals surface area contributed by atoms with Crippen molar-refractivity contribution in [3.63, 3.8) is 0 Å². The highest BCUT2D eigenvalue weighted by atomic mass is 15.3. The third kappa shape index (κ3) is 3.43. The van der Waals surface area contributed by atoms with E-state index in [-0.39, 0.29) is 11.0 Å². The molecule has 0 N–H and O–H groups in total. The molecule has 5 rings (SSSR count). The maximum atomic E-state index is 2.78. The largest absolute Gasteiger partial charge is 0.339 e. The fourth-order valence-corrected chi connectivity index (χ4v) is 8.00. The van der Waals surface area contributed by atoms with Crippen molar-refractivity contribution < 1.29 is 0 Å². The van der Waals surface area contributed by atoms with E-state index in [1.165, 1.54) is 70.3 Å². The minimum Gasteiger partial charge on any atom is -0.339 e. The van der Waals surface area contributed by atoms with Gasteiger partial charge in [0.05, 0.1) is 5.54 Å². The summed E-state index contributed by atoms with van der Waals surface area (Å²) in [4.78, 5) is 2.78. The Labute approximate surface area is 220 Å². The summed E-state index contributed by atoms with van der Waals surface area (Å²) < 4.78 is 0. The van der Waals surface area contributed by atoms with Gasteiger partial charge in [0.2, 0.25) is 6.71 Å². The molecule has 3 heterocycles. The summed E-state index contributed by atoms with van der Waals surface area (Å²) in [5.41, 5.74) is 15.1. The Balaban J connectivity index is 1.78. The van der Waals surface area contributed by atoms with Gasteiger partial charge in [-0.2, -0.15) is 0 Å². The Morgan fingerprint density at radius 1 is 1.06 bits per heavy atom. The quantitative estimate of drug-likeness (QED) is 0.309. The molecule has 1 aliphatic carbocycles. The highest BCUT2D eigenvalue weighted by molar-refractivity contribution is 6.90. The predicted molar refractivity (Wildman–Crippen MR) is 160 cm³/mol. The zero-order chi connectivity index (χ0) is 25.8. The maximum Gasteiger partial charge on any atom is 0.241 e. The lowest BCUT2D eigenvalue weighted by molar-refractivity contribution is 0.153. The van der Waals surface area contributed by atoms with Gasteiger partial charge in [0.15, 0.2) is 0 Å². The highest BCUT2D eigenvalue weighted by Crippen LogP contribution is 2.60. The molecule has 1 fully saturated rings. The number of fused-ring (bicyclic) bond motifs is 5. The Kier molecular flexibility index (Phi) is 6.38. The average Bonchev–Trinajstić information content (AvgIpc) is 3.22. The molecule has 1 aromatic carbocycles. The normalized spacial score (nSPS) is 29.4. The zero-order valence-electron chi connectivity index (χ0n) is 23.9. The van der Waals surface area contributed by atoms with E-state index in [0.717, 1.165) is 12.8 Å². The second-order valence-corrected chi connectivity index (χ2v) is 12.2. The van der Waals surface area contributed by atoms with Crippen LogP contribution in [-0.4, -0.2) is 12.3 Å². The van der Waals surface area contributed by atoms with Crippen LogP contribution in [0.3, 0.4) is 0 Å². The van der Waals surface area contributed by atoms with E-state index in [9.17, 15) is 0 Å². The molecule has 188 valence electrons. The molecule has 1 nitrogen and oxygen atoms in total. The molecule has 2 heteroatoms. The number of hydrogen-bond acceptors (Lipinski definition) is 1. The first-order chi connectivity index (χ1) is 17.2. The SMILES string of the molecule is CC/C=C\CC(=C(C)C)C1=C(C)c2cccc3c2B1/C(C)=C/C=C\C1=C(C)N3C2(C)CCCCC12C. The molecule has 0 spiro atoms. The molecule has 0 saturated heterocycles. The Bertz CT molecular complexity index is 1280. The number of hydrogen-bond donors (Lipinski definition) is 0. The van der Waals surface area contributed by atoms with E-state index < -0.39 is 0 Å². The Hall–Kier alpha value is -2.48. The second-order valence-electron chi connectivity index (χ2n) is 12.2. The maximum absolute atomic E-state index is 2.78. The lowest BCUT2D eigenvalue weighted by Crippen LogP contribution is -2.55. The van der Waals surface area contributed by atoms with Gasteiger partial charge in [-0.15, -0.1) is 0 Å². The summed E-state index contributed by atoms with van der Waals surface area (Å²) in [5, 5.41) is 0. The number of benzene rings is 1. The van der Waals surface area contributed by atoms with Crippen LogP contribution in [0.2, 0.25) is 0 Å². The molecular weight excluding hydrogens is 433 g/mol. The van der Waals surface area contributed by atoms with Gasteiger partial charge >= 0.3 is 0 Å². The van der Waals surface area contributed by atoms with Crippen molar-refractivity contribution in [1.82, 2.24) is 0 Å². The van der Waals surface area contributed by atoms with Crippen LogP contribution >= 0.6 is 0 Å². The van der Waals surface area contributed by atoms with Crippen LogP contribution < -0.4 is 10.4 Å². The fourth-order valence-electron chi connectivity index (χ4n) is 8.00. The molecule has 2 bridgehead atoms. The minimum atomic E-state index is 0.104. The van der Waals surface area contributed by atoms with Crippen LogP contribution in [0.5, 0.6) is 0 Å². The third-order valence-electron chi connectivity index (χ3n) is 10.0. The molecule has 0 amide bonds. The van der Waals surface area contributed by atoms with Crippen molar-refractivity contribution in [2.24, 2.45) is 5.41 Å². The predicted octanol–water partition coefficient (Wildman–Crippen LogP) is 8.90. The lowest BCUT2D eigenvalue weighted by atomic mass is 9.36. The fraction of sp³-hybridized carbons (Fsp3) is 0.471. The molecular formula is C34H44BN. The molecule has 4 aliphatic rings. The average molecular weight is 478 g/mol. The van der Waals surface area contributed by atoms with Gasteiger partial charge in [0, 0.05) is 16.8 Å². The van der Waals surface area contributed by atoms with Gasteiger partial charge < -0.3 is 4.90 Å². The van der Waals surface area contributed by atoms with Crippen LogP contribution in [0.15, 0.2) is 81.9 Å². The second kappa shape index (κ2) is 9.12. The van der Waals surface area contributed by atoms with Gasteiger partial charge in [0.1, 0.15) is 0 Å². The molecule has 36 heavy (non-hydrogen) atoms. The van der Waals surface area contributed by atoms with Crippen LogP contribution in [0, 0.1) is 5.41 Å². The Morgan fingerprint density at radius 2 is 1.81 bits per heavy atom. The summed E-state index contributed by atoms with van der Waals surface area (Å²) in [6.45, 7) is 19.3. The van der Waals surface area contributed by atoms with Gasteiger partial charge in [-0.1, -0.05) is 98.2 Å². The monoisotopic (exact) mass is 477 g/mol. The van der Waals surface area contributed by atoms with Crippen molar-refractivity contribution >= 4 is 23.4 Å². The number of anilines is 1. The molecule has 3 aliphatic heterocycles. The summed E-state index contributed by atoms with van der Waals surface area (Å²) in [6.07, 6.45) is 19.2. The van der Waals surface area contributed by atoms with Gasteiger partial charge in [-0.3, -0.25) is 0 Å². The van der Waals surface area contributed by atoms with Gasteiger partial charge in [0.25, 0.3) is 0 Å². The summed E-state index contributed by atoms with van der Waals surface area (Å²) in [7, 11) is 0. The van der Waals surface area contributed by atoms with Gasteiger partial charge in [-0.25, -0.2) is 0 Å². The molecule has 1 saturated carbocycles. The van der Waals surface area contributed by atoms with Crippen molar-refractivity contribution in [3.05, 3.63) is 87.5 Å². The minimum absolute atomic E-state index is 0.104. The zero-order valence-corrected chi connectivity index (χ0v) is 23.9. The molecule has 0 radical (unpaired) electrons. The van der Waals surface area contributed by atoms with E-state index in [4.69, 9.17) is 0 Å². The molecule has 2 unspecified atom stereocenters. The first-order valence-corrected chi connectivity index (χ1v) is 14.2. The van der Waals surface area contributed by atoms with E-state index in [1.54, 1.807) is 11.0 Å². The molecule has 1 aromatic rings. The standard InChI is InChI=1S/C34H44BN/c1-9-10-11-17-27(23(2)3)31-25(5)28-18-15-20-30-32(28)35(31)24(4)16-14-19-29-26(6)36(30)34(8)22-13-12-21-33(29,34)7/h10-11,14-16,18-20H,9,12-13,17,21-22H2,1-8H3/b11-10-,19-14-,24-16+. The van der Waals surface area contributed by atoms with E-state index in [0.29, 0.717) is 6.71 Å². The smallest absolute Gasteiger partial charge is 0.241 e. The number of nitrogens with zero attached hydrogens (tertiary/aromatic N) is 1. The van der Waals surface area contributed by atoms with E-state index >= 15 is 0 Å². The summed E-state index contributed by atoms with van der Waals surface area (Å²) >= 11 is 0. The Morgan fingerprint density at radius 3 is 2.53 bits per heavy atom. The number of rotatable bonds is 4. The van der Waals surface area contributed by atoms with Crippen molar-refractivity contribution in [3.8, 4) is 0 Å². The summed E-state index contributed by atoms with van der Waals surface area (Å²) in [5.74, 6) is 0. The van der Waals surface area contributed by atoms with Crippen LogP contribution in [0.4, 0.5) is 5.69 Å². The first kappa shape index (κ1) is 25.2. The topological polar surface area (TPSA) is 3.24 Å². The van der Waals surface area contributed by atoms with Crippen molar-refractivity contribution in [1.29, 1.82) is 0 Å². The van der Waals surface area contributed by atoms with Crippen molar-refractivity contribution in [2.75, 3.05) is 4.90 Å². The summed E-state index contributed by atoms with van der Waals surface area (Å²) in [6, 6.07) is 7.12. The van der Waals surface area contributed by atoms with E-state index in [2.05, 4.69) is 109 Å². The lowest BCUT2D eigenvalue weighted by Gasteiger charge is -2.52. The van der Waals surface area contributed by atoms with E-state index in [1.807, 2.05) is 0 Å². The van der Waals surface area contributed by atoms with Gasteiger partial charge in [-0.05, 0) is 88.5 Å². The van der Waals surface area contributed by atoms with Crippen LogP contribution in [-0.2, 0) is 0 Å². The van der Waals surface area contributed by atoms with Crippen molar-refractivity contribution in [2.45, 2.75) is 99.5 Å². The highest BCUT2D eigenvalue weighted by Gasteiger charge is 2.58. The first-order valence-electron chi connectivity index (χ1n) is 14.2. The molecule has 2 atom stereocenters. The number of allylic oxidation sites excluding steroid dienone is 11.